The highest BCUT2D eigenvalue weighted by Gasteiger charge is 2.32. The standard InChI is InChI=1S/C12H14BrF3N2O/c13-10-7-9(18-8-3-5-17-6-4-8)1-2-11(10)19-12(14,15)16/h1-2,7-8,17-18H,3-6H2. The van der Waals surface area contributed by atoms with Crippen LogP contribution in [0.5, 0.6) is 5.75 Å². The quantitative estimate of drug-likeness (QED) is 0.884. The highest BCUT2D eigenvalue weighted by Crippen LogP contribution is 2.32. The summed E-state index contributed by atoms with van der Waals surface area (Å²) in [6.45, 7) is 1.90. The summed E-state index contributed by atoms with van der Waals surface area (Å²) >= 11 is 3.09. The monoisotopic (exact) mass is 338 g/mol. The van der Waals surface area contributed by atoms with Gasteiger partial charge in [0.1, 0.15) is 5.75 Å². The van der Waals surface area contributed by atoms with Crippen LogP contribution in [-0.2, 0) is 0 Å². The van der Waals surface area contributed by atoms with Crippen LogP contribution in [0.1, 0.15) is 12.8 Å². The predicted octanol–water partition coefficient (Wildman–Crippen LogP) is 3.51. The van der Waals surface area contributed by atoms with Gasteiger partial charge >= 0.3 is 6.36 Å². The van der Waals surface area contributed by atoms with Gasteiger partial charge < -0.3 is 15.4 Å². The fourth-order valence-electron chi connectivity index (χ4n) is 2.00. The Bertz CT molecular complexity index is 433. The molecule has 0 unspecified atom stereocenters. The van der Waals surface area contributed by atoms with Crippen molar-refractivity contribution in [3.05, 3.63) is 22.7 Å². The first-order valence-corrected chi connectivity index (χ1v) is 6.76. The molecular formula is C12H14BrF3N2O. The molecule has 1 fully saturated rings. The van der Waals surface area contributed by atoms with Crippen molar-refractivity contribution in [2.24, 2.45) is 0 Å². The molecule has 1 aromatic rings. The van der Waals surface area contributed by atoms with Crippen molar-refractivity contribution in [2.45, 2.75) is 25.2 Å². The zero-order valence-electron chi connectivity index (χ0n) is 10.1. The van der Waals surface area contributed by atoms with Crippen molar-refractivity contribution in [1.29, 1.82) is 0 Å². The van der Waals surface area contributed by atoms with E-state index in [1.54, 1.807) is 12.1 Å². The Morgan fingerprint density at radius 1 is 1.26 bits per heavy atom. The van der Waals surface area contributed by atoms with Crippen LogP contribution in [0.25, 0.3) is 0 Å². The summed E-state index contributed by atoms with van der Waals surface area (Å²) in [5.41, 5.74) is 0.785. The van der Waals surface area contributed by atoms with Crippen LogP contribution in [0, 0.1) is 0 Å². The molecule has 0 saturated carbocycles. The van der Waals surface area contributed by atoms with Gasteiger partial charge in [-0.25, -0.2) is 0 Å². The second kappa shape index (κ2) is 6.00. The molecule has 1 heterocycles. The van der Waals surface area contributed by atoms with Crippen LogP contribution in [-0.4, -0.2) is 25.5 Å². The van der Waals surface area contributed by atoms with Crippen molar-refractivity contribution in [3.8, 4) is 5.75 Å². The molecule has 1 aliphatic heterocycles. The molecule has 3 nitrogen and oxygen atoms in total. The molecule has 1 saturated heterocycles. The molecule has 2 N–H and O–H groups in total. The molecule has 0 radical (unpaired) electrons. The summed E-state index contributed by atoms with van der Waals surface area (Å²) in [7, 11) is 0. The number of nitrogens with one attached hydrogen (secondary N) is 2. The van der Waals surface area contributed by atoms with Gasteiger partial charge in [-0.2, -0.15) is 0 Å². The summed E-state index contributed by atoms with van der Waals surface area (Å²) in [6.07, 6.45) is -2.68. The summed E-state index contributed by atoms with van der Waals surface area (Å²) in [6, 6.07) is 4.85. The van der Waals surface area contributed by atoms with E-state index in [0.717, 1.165) is 31.6 Å². The van der Waals surface area contributed by atoms with Gasteiger partial charge in [-0.15, -0.1) is 13.2 Å². The molecule has 0 aliphatic carbocycles. The van der Waals surface area contributed by atoms with Gasteiger partial charge in [0.15, 0.2) is 0 Å². The molecule has 0 bridgehead atoms. The number of benzene rings is 1. The second-order valence-corrected chi connectivity index (χ2v) is 5.22. The maximum absolute atomic E-state index is 12.1. The summed E-state index contributed by atoms with van der Waals surface area (Å²) in [4.78, 5) is 0. The lowest BCUT2D eigenvalue weighted by Crippen LogP contribution is -2.35. The zero-order valence-corrected chi connectivity index (χ0v) is 11.6. The van der Waals surface area contributed by atoms with Gasteiger partial charge in [0.2, 0.25) is 0 Å². The van der Waals surface area contributed by atoms with Gasteiger partial charge in [0.25, 0.3) is 0 Å². The van der Waals surface area contributed by atoms with E-state index in [0.29, 0.717) is 6.04 Å². The van der Waals surface area contributed by atoms with Crippen molar-refractivity contribution in [3.63, 3.8) is 0 Å². The van der Waals surface area contributed by atoms with Crippen LogP contribution in [0.4, 0.5) is 18.9 Å². The van der Waals surface area contributed by atoms with Crippen LogP contribution in [0.3, 0.4) is 0 Å². The number of anilines is 1. The minimum absolute atomic E-state index is 0.233. The molecule has 1 aromatic carbocycles. The van der Waals surface area contributed by atoms with Gasteiger partial charge in [-0.3, -0.25) is 0 Å². The molecule has 106 valence electrons. The predicted molar refractivity (Wildman–Crippen MR) is 70.3 cm³/mol. The van der Waals surface area contributed by atoms with Crippen molar-refractivity contribution in [1.82, 2.24) is 5.32 Å². The van der Waals surface area contributed by atoms with E-state index >= 15 is 0 Å². The van der Waals surface area contributed by atoms with Gasteiger partial charge in [-0.05, 0) is 60.1 Å². The summed E-state index contributed by atoms with van der Waals surface area (Å²) in [5.74, 6) is -0.233. The summed E-state index contributed by atoms with van der Waals surface area (Å²) < 4.78 is 40.6. The third-order valence-electron chi connectivity index (χ3n) is 2.87. The van der Waals surface area contributed by atoms with Gasteiger partial charge in [0, 0.05) is 11.7 Å². The molecule has 1 aliphatic rings. The van der Waals surface area contributed by atoms with E-state index in [1.807, 2.05) is 0 Å². The van der Waals surface area contributed by atoms with Crippen molar-refractivity contribution < 1.29 is 17.9 Å². The van der Waals surface area contributed by atoms with E-state index in [4.69, 9.17) is 0 Å². The third kappa shape index (κ3) is 4.58. The number of halogens is 4. The maximum Gasteiger partial charge on any atom is 0.573 e. The molecule has 19 heavy (non-hydrogen) atoms. The Labute approximate surface area is 117 Å². The Kier molecular flexibility index (Phi) is 4.57. The Hall–Kier alpha value is -0.950. The zero-order chi connectivity index (χ0) is 13.9. The normalized spacial score (nSPS) is 17.3. The minimum Gasteiger partial charge on any atom is -0.405 e. The first-order valence-electron chi connectivity index (χ1n) is 5.96. The molecule has 2 rings (SSSR count). The average Bonchev–Trinajstić information content (AvgIpc) is 2.33. The molecular weight excluding hydrogens is 325 g/mol. The highest BCUT2D eigenvalue weighted by molar-refractivity contribution is 9.10. The van der Waals surface area contributed by atoms with E-state index in [-0.39, 0.29) is 10.2 Å². The summed E-state index contributed by atoms with van der Waals surface area (Å²) in [5, 5.41) is 6.56. The fraction of sp³-hybridized carbons (Fsp3) is 0.500. The lowest BCUT2D eigenvalue weighted by Gasteiger charge is -2.25. The molecule has 0 amide bonds. The SMILES string of the molecule is FC(F)(F)Oc1ccc(NC2CCNCC2)cc1Br. The van der Waals surface area contributed by atoms with E-state index < -0.39 is 6.36 Å². The largest absolute Gasteiger partial charge is 0.573 e. The lowest BCUT2D eigenvalue weighted by atomic mass is 10.1. The van der Waals surface area contributed by atoms with E-state index in [1.165, 1.54) is 6.07 Å². The average molecular weight is 339 g/mol. The van der Waals surface area contributed by atoms with Crippen LogP contribution in [0.15, 0.2) is 22.7 Å². The number of ether oxygens (including phenoxy) is 1. The molecule has 0 spiro atoms. The second-order valence-electron chi connectivity index (χ2n) is 4.36. The lowest BCUT2D eigenvalue weighted by molar-refractivity contribution is -0.274. The fourth-order valence-corrected chi connectivity index (χ4v) is 2.46. The molecule has 0 aromatic heterocycles. The molecule has 7 heteroatoms. The van der Waals surface area contributed by atoms with E-state index in [9.17, 15) is 13.2 Å². The van der Waals surface area contributed by atoms with Crippen molar-refractivity contribution >= 4 is 21.6 Å². The number of piperidine rings is 1. The van der Waals surface area contributed by atoms with Crippen LogP contribution >= 0.6 is 15.9 Å². The molecule has 0 atom stereocenters. The van der Waals surface area contributed by atoms with Crippen LogP contribution < -0.4 is 15.4 Å². The third-order valence-corrected chi connectivity index (χ3v) is 3.49. The van der Waals surface area contributed by atoms with Crippen LogP contribution in [0.2, 0.25) is 0 Å². The van der Waals surface area contributed by atoms with E-state index in [2.05, 4.69) is 31.3 Å². The highest BCUT2D eigenvalue weighted by atomic mass is 79.9. The minimum atomic E-state index is -4.67. The van der Waals surface area contributed by atoms with Gasteiger partial charge in [-0.1, -0.05) is 0 Å². The Morgan fingerprint density at radius 3 is 2.53 bits per heavy atom. The number of hydrogen-bond acceptors (Lipinski definition) is 3. The number of hydrogen-bond donors (Lipinski definition) is 2. The van der Waals surface area contributed by atoms with Gasteiger partial charge in [0.05, 0.1) is 4.47 Å². The smallest absolute Gasteiger partial charge is 0.405 e. The first kappa shape index (κ1) is 14.5. The first-order chi connectivity index (χ1) is 8.94. The number of rotatable bonds is 3. The topological polar surface area (TPSA) is 33.3 Å². The Morgan fingerprint density at radius 2 is 1.95 bits per heavy atom. The Balaban J connectivity index is 2.01. The van der Waals surface area contributed by atoms with Crippen molar-refractivity contribution in [2.75, 3.05) is 18.4 Å². The maximum atomic E-state index is 12.1. The number of alkyl halides is 3.